The zero-order valence-electron chi connectivity index (χ0n) is 10.4. The van der Waals surface area contributed by atoms with Gasteiger partial charge in [-0.25, -0.2) is 4.79 Å². The topological polar surface area (TPSA) is 75.6 Å². The second kappa shape index (κ2) is 4.77. The molecule has 5 nitrogen and oxygen atoms in total. The number of hydrogen-bond donors (Lipinski definition) is 2. The molecule has 0 aromatic rings. The van der Waals surface area contributed by atoms with Crippen LogP contribution in [0.15, 0.2) is 12.2 Å². The molecule has 0 aromatic carbocycles. The van der Waals surface area contributed by atoms with Crippen LogP contribution in [0.1, 0.15) is 33.6 Å². The third-order valence-electron chi connectivity index (χ3n) is 2.61. The predicted molar refractivity (Wildman–Crippen MR) is 62.7 cm³/mol. The molecule has 1 aliphatic rings. The van der Waals surface area contributed by atoms with Crippen LogP contribution in [0.25, 0.3) is 0 Å². The maximum absolute atomic E-state index is 11.4. The fourth-order valence-corrected chi connectivity index (χ4v) is 1.65. The SMILES string of the molecule is CC(C)(C)OC(=O)NCC1(C(=O)O)CC=CC1. The van der Waals surface area contributed by atoms with Crippen LogP contribution in [0.4, 0.5) is 4.79 Å². The molecule has 96 valence electrons. The van der Waals surface area contributed by atoms with Gasteiger partial charge in [-0.05, 0) is 33.6 Å². The Morgan fingerprint density at radius 2 is 1.88 bits per heavy atom. The lowest BCUT2D eigenvalue weighted by Crippen LogP contribution is -2.43. The fraction of sp³-hybridized carbons (Fsp3) is 0.667. The van der Waals surface area contributed by atoms with Gasteiger partial charge in [0, 0.05) is 6.54 Å². The number of rotatable bonds is 3. The highest BCUT2D eigenvalue weighted by molar-refractivity contribution is 5.77. The number of carbonyl (C=O) groups is 2. The number of hydrogen-bond acceptors (Lipinski definition) is 3. The van der Waals surface area contributed by atoms with Gasteiger partial charge in [-0.1, -0.05) is 12.2 Å². The molecule has 1 rings (SSSR count). The van der Waals surface area contributed by atoms with E-state index in [9.17, 15) is 14.7 Å². The quantitative estimate of drug-likeness (QED) is 0.740. The van der Waals surface area contributed by atoms with Crippen molar-refractivity contribution in [3.63, 3.8) is 0 Å². The van der Waals surface area contributed by atoms with Crippen LogP contribution >= 0.6 is 0 Å². The van der Waals surface area contributed by atoms with E-state index in [0.717, 1.165) is 0 Å². The molecule has 0 saturated heterocycles. The Kier molecular flexibility index (Phi) is 3.80. The zero-order chi connectivity index (χ0) is 13.1. The summed E-state index contributed by atoms with van der Waals surface area (Å²) in [5.74, 6) is -0.890. The number of nitrogens with one attached hydrogen (secondary N) is 1. The van der Waals surface area contributed by atoms with Crippen molar-refractivity contribution < 1.29 is 19.4 Å². The number of carbonyl (C=O) groups excluding carboxylic acids is 1. The summed E-state index contributed by atoms with van der Waals surface area (Å²) < 4.78 is 5.06. The Morgan fingerprint density at radius 1 is 1.35 bits per heavy atom. The molecule has 0 aliphatic heterocycles. The molecule has 0 heterocycles. The van der Waals surface area contributed by atoms with Crippen molar-refractivity contribution in [3.05, 3.63) is 12.2 Å². The van der Waals surface area contributed by atoms with Crippen LogP contribution in [0.2, 0.25) is 0 Å². The number of ether oxygens (including phenoxy) is 1. The number of carboxylic acids is 1. The van der Waals surface area contributed by atoms with Crippen molar-refractivity contribution in [2.45, 2.75) is 39.2 Å². The van der Waals surface area contributed by atoms with Crippen molar-refractivity contribution in [3.8, 4) is 0 Å². The minimum atomic E-state index is -0.906. The predicted octanol–water partition coefficient (Wildman–Crippen LogP) is 1.93. The maximum Gasteiger partial charge on any atom is 0.407 e. The summed E-state index contributed by atoms with van der Waals surface area (Å²) in [5.41, 5.74) is -1.48. The Labute approximate surface area is 101 Å². The third kappa shape index (κ3) is 3.76. The number of allylic oxidation sites excluding steroid dienone is 2. The van der Waals surface area contributed by atoms with E-state index in [4.69, 9.17) is 4.74 Å². The lowest BCUT2D eigenvalue weighted by molar-refractivity contribution is -0.147. The highest BCUT2D eigenvalue weighted by Crippen LogP contribution is 2.32. The standard InChI is InChI=1S/C12H19NO4/c1-11(2,3)17-10(16)13-8-12(9(14)15)6-4-5-7-12/h4-5H,6-8H2,1-3H3,(H,13,16)(H,14,15). The molecule has 0 saturated carbocycles. The number of alkyl carbamates (subject to hydrolysis) is 1. The molecule has 17 heavy (non-hydrogen) atoms. The fourth-order valence-electron chi connectivity index (χ4n) is 1.65. The van der Waals surface area contributed by atoms with Gasteiger partial charge in [0.05, 0.1) is 5.41 Å². The summed E-state index contributed by atoms with van der Waals surface area (Å²) in [6.45, 7) is 5.37. The van der Waals surface area contributed by atoms with Crippen LogP contribution in [0.5, 0.6) is 0 Å². The molecule has 1 amide bonds. The largest absolute Gasteiger partial charge is 0.481 e. The molecule has 0 radical (unpaired) electrons. The van der Waals surface area contributed by atoms with Crippen LogP contribution < -0.4 is 5.32 Å². The second-order valence-electron chi connectivity index (χ2n) is 5.32. The van der Waals surface area contributed by atoms with Gasteiger partial charge in [0.1, 0.15) is 5.60 Å². The van der Waals surface area contributed by atoms with Crippen LogP contribution in [-0.2, 0) is 9.53 Å². The van der Waals surface area contributed by atoms with Gasteiger partial charge < -0.3 is 15.2 Å². The minimum Gasteiger partial charge on any atom is -0.481 e. The summed E-state index contributed by atoms with van der Waals surface area (Å²) in [5, 5.41) is 11.7. The van der Waals surface area contributed by atoms with E-state index in [1.807, 2.05) is 12.2 Å². The van der Waals surface area contributed by atoms with Crippen molar-refractivity contribution in [1.29, 1.82) is 0 Å². The molecule has 0 fully saturated rings. The van der Waals surface area contributed by atoms with Crippen LogP contribution in [0.3, 0.4) is 0 Å². The lowest BCUT2D eigenvalue weighted by Gasteiger charge is -2.25. The van der Waals surface area contributed by atoms with Crippen molar-refractivity contribution in [2.24, 2.45) is 5.41 Å². The normalized spacial score (nSPS) is 17.8. The third-order valence-corrected chi connectivity index (χ3v) is 2.61. The Bertz CT molecular complexity index is 333. The summed E-state index contributed by atoms with van der Waals surface area (Å²) in [4.78, 5) is 22.6. The van der Waals surface area contributed by atoms with Gasteiger partial charge in [-0.3, -0.25) is 4.79 Å². The summed E-state index contributed by atoms with van der Waals surface area (Å²) in [6.07, 6.45) is 3.96. The Hall–Kier alpha value is -1.52. The van der Waals surface area contributed by atoms with Crippen LogP contribution in [-0.4, -0.2) is 29.3 Å². The van der Waals surface area contributed by atoms with Crippen LogP contribution in [0, 0.1) is 5.41 Å². The first-order valence-corrected chi connectivity index (χ1v) is 5.60. The van der Waals surface area contributed by atoms with E-state index in [2.05, 4.69) is 5.32 Å². The Morgan fingerprint density at radius 3 is 2.29 bits per heavy atom. The van der Waals surface area contributed by atoms with Crippen molar-refractivity contribution in [2.75, 3.05) is 6.54 Å². The van der Waals surface area contributed by atoms with Crippen molar-refractivity contribution >= 4 is 12.1 Å². The van der Waals surface area contributed by atoms with E-state index in [1.54, 1.807) is 20.8 Å². The number of carboxylic acid groups (broad SMARTS) is 1. The monoisotopic (exact) mass is 241 g/mol. The van der Waals surface area contributed by atoms with Gasteiger partial charge in [-0.15, -0.1) is 0 Å². The Balaban J connectivity index is 2.49. The van der Waals surface area contributed by atoms with E-state index < -0.39 is 23.1 Å². The molecular weight excluding hydrogens is 222 g/mol. The van der Waals surface area contributed by atoms with E-state index in [0.29, 0.717) is 12.8 Å². The van der Waals surface area contributed by atoms with Crippen molar-refractivity contribution in [1.82, 2.24) is 5.32 Å². The molecule has 2 N–H and O–H groups in total. The van der Waals surface area contributed by atoms with Gasteiger partial charge in [-0.2, -0.15) is 0 Å². The first kappa shape index (κ1) is 13.5. The van der Waals surface area contributed by atoms with Gasteiger partial charge in [0.15, 0.2) is 0 Å². The molecule has 0 bridgehead atoms. The molecule has 5 heteroatoms. The summed E-state index contributed by atoms with van der Waals surface area (Å²) in [7, 11) is 0. The molecule has 0 atom stereocenters. The summed E-state index contributed by atoms with van der Waals surface area (Å²) in [6, 6.07) is 0. The zero-order valence-corrected chi connectivity index (χ0v) is 10.4. The number of aliphatic carboxylic acids is 1. The van der Waals surface area contributed by atoms with E-state index in [1.165, 1.54) is 0 Å². The van der Waals surface area contributed by atoms with Gasteiger partial charge in [0.2, 0.25) is 0 Å². The average molecular weight is 241 g/mol. The molecule has 0 spiro atoms. The first-order valence-electron chi connectivity index (χ1n) is 5.60. The van der Waals surface area contributed by atoms with E-state index >= 15 is 0 Å². The highest BCUT2D eigenvalue weighted by atomic mass is 16.6. The first-order chi connectivity index (χ1) is 7.75. The molecular formula is C12H19NO4. The maximum atomic E-state index is 11.4. The highest BCUT2D eigenvalue weighted by Gasteiger charge is 2.39. The van der Waals surface area contributed by atoms with E-state index in [-0.39, 0.29) is 6.54 Å². The minimum absolute atomic E-state index is 0.0875. The second-order valence-corrected chi connectivity index (χ2v) is 5.32. The smallest absolute Gasteiger partial charge is 0.407 e. The molecule has 0 unspecified atom stereocenters. The van der Waals surface area contributed by atoms with Gasteiger partial charge in [0.25, 0.3) is 0 Å². The molecule has 0 aromatic heterocycles. The summed E-state index contributed by atoms with van der Waals surface area (Å²) >= 11 is 0. The lowest BCUT2D eigenvalue weighted by atomic mass is 9.85. The average Bonchev–Trinajstić information content (AvgIpc) is 2.61. The number of amides is 1. The molecule has 1 aliphatic carbocycles. The van der Waals surface area contributed by atoms with Gasteiger partial charge >= 0.3 is 12.1 Å².